The second-order valence-corrected chi connectivity index (χ2v) is 7.70. The minimum atomic E-state index is -0.815. The highest BCUT2D eigenvalue weighted by molar-refractivity contribution is 7.17. The number of aromatic nitrogens is 4. The Morgan fingerprint density at radius 3 is 2.62 bits per heavy atom. The molecule has 0 aliphatic heterocycles. The number of hydrogen-bond acceptors (Lipinski definition) is 5. The van der Waals surface area contributed by atoms with E-state index in [4.69, 9.17) is 11.6 Å². The lowest BCUT2D eigenvalue weighted by atomic mass is 10.2. The molecule has 0 bridgehead atoms. The standard InChI is InChI=1S/C19H13ClFN5O2S/c20-17-8-7-16(29-17)18(27)22-10-12-11-26(24-23-12)14-5-3-13(4-6-14)25-9-1-2-15(21)19(25)28/h1-9,11H,10H2,(H,22,27). The fourth-order valence-electron chi connectivity index (χ4n) is 2.64. The molecular weight excluding hydrogens is 417 g/mol. The maximum absolute atomic E-state index is 13.5. The molecule has 1 aromatic carbocycles. The second-order valence-electron chi connectivity index (χ2n) is 5.99. The van der Waals surface area contributed by atoms with E-state index in [0.29, 0.717) is 26.3 Å². The lowest BCUT2D eigenvalue weighted by molar-refractivity contribution is 0.0954. The third-order valence-electron chi connectivity index (χ3n) is 4.06. The zero-order chi connectivity index (χ0) is 20.4. The van der Waals surface area contributed by atoms with E-state index < -0.39 is 11.4 Å². The summed E-state index contributed by atoms with van der Waals surface area (Å²) in [5.74, 6) is -1.05. The van der Waals surface area contributed by atoms with Gasteiger partial charge in [-0.3, -0.25) is 14.2 Å². The number of hydrogen-bond donors (Lipinski definition) is 1. The summed E-state index contributed by atoms with van der Waals surface area (Å²) in [6, 6.07) is 12.7. The average Bonchev–Trinajstić information content (AvgIpc) is 3.38. The number of pyridine rings is 1. The molecule has 0 atom stereocenters. The molecule has 3 aromatic heterocycles. The molecule has 0 unspecified atom stereocenters. The monoisotopic (exact) mass is 429 g/mol. The number of thiophene rings is 1. The molecule has 1 amide bonds. The summed E-state index contributed by atoms with van der Waals surface area (Å²) >= 11 is 7.03. The van der Waals surface area contributed by atoms with Crippen molar-refractivity contribution < 1.29 is 9.18 Å². The zero-order valence-electron chi connectivity index (χ0n) is 14.8. The number of nitrogens with one attached hydrogen (secondary N) is 1. The average molecular weight is 430 g/mol. The summed E-state index contributed by atoms with van der Waals surface area (Å²) in [6.45, 7) is 0.213. The molecule has 3 heterocycles. The first-order valence-electron chi connectivity index (χ1n) is 8.44. The third-order valence-corrected chi connectivity index (χ3v) is 5.29. The fourth-order valence-corrected chi connectivity index (χ4v) is 3.60. The Labute approximate surface area is 173 Å². The van der Waals surface area contributed by atoms with Gasteiger partial charge in [-0.05, 0) is 48.5 Å². The van der Waals surface area contributed by atoms with E-state index in [1.54, 1.807) is 47.3 Å². The van der Waals surface area contributed by atoms with Gasteiger partial charge in [0.1, 0.15) is 5.69 Å². The molecule has 0 aliphatic carbocycles. The largest absolute Gasteiger partial charge is 0.346 e. The van der Waals surface area contributed by atoms with Crippen molar-refractivity contribution >= 4 is 28.8 Å². The van der Waals surface area contributed by atoms with E-state index in [1.807, 2.05) is 0 Å². The Morgan fingerprint density at radius 2 is 1.90 bits per heavy atom. The van der Waals surface area contributed by atoms with Crippen molar-refractivity contribution in [3.63, 3.8) is 0 Å². The van der Waals surface area contributed by atoms with Gasteiger partial charge in [-0.1, -0.05) is 16.8 Å². The van der Waals surface area contributed by atoms with Crippen molar-refractivity contribution in [2.24, 2.45) is 0 Å². The van der Waals surface area contributed by atoms with Gasteiger partial charge in [0.15, 0.2) is 5.82 Å². The summed E-state index contributed by atoms with van der Waals surface area (Å²) in [5.41, 5.74) is 1.09. The number of nitrogens with zero attached hydrogens (tertiary/aromatic N) is 4. The highest BCUT2D eigenvalue weighted by Crippen LogP contribution is 2.21. The highest BCUT2D eigenvalue weighted by Gasteiger charge is 2.10. The van der Waals surface area contributed by atoms with Crippen molar-refractivity contribution in [2.45, 2.75) is 6.54 Å². The number of rotatable bonds is 5. The van der Waals surface area contributed by atoms with Crippen molar-refractivity contribution in [1.29, 1.82) is 0 Å². The lowest BCUT2D eigenvalue weighted by Crippen LogP contribution is -2.21. The zero-order valence-corrected chi connectivity index (χ0v) is 16.3. The van der Waals surface area contributed by atoms with Gasteiger partial charge in [-0.2, -0.15) is 0 Å². The van der Waals surface area contributed by atoms with Crippen LogP contribution in [0.15, 0.2) is 65.7 Å². The molecule has 4 rings (SSSR count). The molecule has 0 aliphatic rings. The molecule has 4 aromatic rings. The van der Waals surface area contributed by atoms with Crippen LogP contribution < -0.4 is 10.9 Å². The lowest BCUT2D eigenvalue weighted by Gasteiger charge is -2.06. The van der Waals surface area contributed by atoms with E-state index in [2.05, 4.69) is 15.6 Å². The van der Waals surface area contributed by atoms with Gasteiger partial charge in [0, 0.05) is 11.9 Å². The van der Waals surface area contributed by atoms with Gasteiger partial charge in [0.2, 0.25) is 0 Å². The molecule has 1 N–H and O–H groups in total. The first kappa shape index (κ1) is 19.0. The molecule has 0 spiro atoms. The maximum Gasteiger partial charge on any atom is 0.291 e. The van der Waals surface area contributed by atoms with Gasteiger partial charge >= 0.3 is 0 Å². The predicted molar refractivity (Wildman–Crippen MR) is 107 cm³/mol. The Morgan fingerprint density at radius 1 is 1.14 bits per heavy atom. The van der Waals surface area contributed by atoms with Crippen LogP contribution in [0.2, 0.25) is 4.34 Å². The highest BCUT2D eigenvalue weighted by atomic mass is 35.5. The van der Waals surface area contributed by atoms with Crippen molar-refractivity contribution in [2.75, 3.05) is 0 Å². The van der Waals surface area contributed by atoms with Crippen molar-refractivity contribution in [3.8, 4) is 11.4 Å². The molecule has 7 nitrogen and oxygen atoms in total. The summed E-state index contributed by atoms with van der Waals surface area (Å²) in [4.78, 5) is 24.5. The molecule has 29 heavy (non-hydrogen) atoms. The number of halogens is 2. The number of carbonyl (C=O) groups is 1. The quantitative estimate of drug-likeness (QED) is 0.528. The van der Waals surface area contributed by atoms with E-state index in [-0.39, 0.29) is 12.5 Å². The number of amides is 1. The molecule has 146 valence electrons. The SMILES string of the molecule is O=C(NCc1cn(-c2ccc(-n3cccc(F)c3=O)cc2)nn1)c1ccc(Cl)s1. The van der Waals surface area contributed by atoms with E-state index in [1.165, 1.54) is 28.2 Å². The summed E-state index contributed by atoms with van der Waals surface area (Å²) < 4.78 is 16.8. The molecule has 0 saturated heterocycles. The first-order valence-corrected chi connectivity index (χ1v) is 9.63. The Balaban J connectivity index is 1.46. The van der Waals surface area contributed by atoms with Crippen molar-refractivity contribution in [1.82, 2.24) is 24.9 Å². The van der Waals surface area contributed by atoms with Crippen LogP contribution in [0.4, 0.5) is 4.39 Å². The van der Waals surface area contributed by atoms with Gasteiger partial charge in [-0.25, -0.2) is 9.07 Å². The Hall–Kier alpha value is -3.30. The van der Waals surface area contributed by atoms with E-state index in [0.717, 1.165) is 6.07 Å². The van der Waals surface area contributed by atoms with Crippen LogP contribution in [0.25, 0.3) is 11.4 Å². The summed E-state index contributed by atoms with van der Waals surface area (Å²) in [6.07, 6.45) is 3.18. The topological polar surface area (TPSA) is 81.8 Å². The number of benzene rings is 1. The van der Waals surface area contributed by atoms with E-state index in [9.17, 15) is 14.0 Å². The van der Waals surface area contributed by atoms with Crippen LogP contribution in [0.1, 0.15) is 15.4 Å². The van der Waals surface area contributed by atoms with Crippen LogP contribution in [0.5, 0.6) is 0 Å². The van der Waals surface area contributed by atoms with E-state index >= 15 is 0 Å². The minimum Gasteiger partial charge on any atom is -0.346 e. The van der Waals surface area contributed by atoms with Crippen LogP contribution in [-0.2, 0) is 6.54 Å². The van der Waals surface area contributed by atoms with Crippen LogP contribution in [0, 0.1) is 5.82 Å². The minimum absolute atomic E-state index is 0.213. The second kappa shape index (κ2) is 7.98. The van der Waals surface area contributed by atoms with Gasteiger partial charge in [0.25, 0.3) is 11.5 Å². The molecule has 10 heteroatoms. The number of carbonyl (C=O) groups excluding carboxylic acids is 1. The van der Waals surface area contributed by atoms with Crippen LogP contribution in [-0.4, -0.2) is 25.5 Å². The molecule has 0 saturated carbocycles. The molecular formula is C19H13ClFN5O2S. The smallest absolute Gasteiger partial charge is 0.291 e. The summed E-state index contributed by atoms with van der Waals surface area (Å²) in [5, 5.41) is 10.8. The maximum atomic E-state index is 13.5. The Kier molecular flexibility index (Phi) is 5.24. The van der Waals surface area contributed by atoms with Gasteiger partial charge < -0.3 is 5.32 Å². The molecule has 0 radical (unpaired) electrons. The van der Waals surface area contributed by atoms with Gasteiger partial charge in [-0.15, -0.1) is 16.4 Å². The normalized spacial score (nSPS) is 10.8. The van der Waals surface area contributed by atoms with Crippen LogP contribution in [0.3, 0.4) is 0 Å². The predicted octanol–water partition coefficient (Wildman–Crippen LogP) is 3.20. The van der Waals surface area contributed by atoms with Crippen LogP contribution >= 0.6 is 22.9 Å². The van der Waals surface area contributed by atoms with Gasteiger partial charge in [0.05, 0.1) is 27.6 Å². The van der Waals surface area contributed by atoms with Crippen molar-refractivity contribution in [3.05, 3.63) is 92.0 Å². The Bertz CT molecular complexity index is 1230. The molecule has 0 fully saturated rings. The first-order chi connectivity index (χ1) is 14.0. The summed E-state index contributed by atoms with van der Waals surface area (Å²) in [7, 11) is 0. The third kappa shape index (κ3) is 4.10. The fraction of sp³-hybridized carbons (Fsp3) is 0.0526.